The molecule has 92 valence electrons. The van der Waals surface area contributed by atoms with Gasteiger partial charge in [0.15, 0.2) is 5.82 Å². The molecule has 1 fully saturated rings. The minimum atomic E-state index is -1.34. The molecular weight excluding hydrogens is 229 g/mol. The number of pyridine rings is 1. The molecule has 1 unspecified atom stereocenters. The fourth-order valence-corrected chi connectivity index (χ4v) is 1.64. The number of aromatic carboxylic acids is 1. The summed E-state index contributed by atoms with van der Waals surface area (Å²) in [5.74, 6) is -2.58. The number of halogens is 1. The van der Waals surface area contributed by atoms with Crippen LogP contribution in [0.15, 0.2) is 12.3 Å². The van der Waals surface area contributed by atoms with Crippen LogP contribution in [0.2, 0.25) is 0 Å². The predicted molar refractivity (Wildman–Crippen MR) is 55.6 cm³/mol. The Hall–Kier alpha value is -1.69. The van der Waals surface area contributed by atoms with Crippen LogP contribution in [0.1, 0.15) is 23.2 Å². The van der Waals surface area contributed by atoms with Crippen LogP contribution in [-0.2, 0) is 4.74 Å². The first kappa shape index (κ1) is 11.8. The minimum absolute atomic E-state index is 0.0651. The Morgan fingerprint density at radius 1 is 1.71 bits per heavy atom. The van der Waals surface area contributed by atoms with Gasteiger partial charge in [-0.1, -0.05) is 0 Å². The summed E-state index contributed by atoms with van der Waals surface area (Å²) < 4.78 is 24.0. The molecule has 5 nitrogen and oxygen atoms in total. The Labute approximate surface area is 97.2 Å². The van der Waals surface area contributed by atoms with Gasteiger partial charge >= 0.3 is 5.97 Å². The Kier molecular flexibility index (Phi) is 3.53. The lowest BCUT2D eigenvalue weighted by Crippen LogP contribution is -2.18. The lowest BCUT2D eigenvalue weighted by molar-refractivity contribution is 0.0636. The summed E-state index contributed by atoms with van der Waals surface area (Å²) in [6.07, 6.45) is 2.96. The van der Waals surface area contributed by atoms with E-state index in [0.29, 0.717) is 6.61 Å². The molecule has 1 atom stereocenters. The summed E-state index contributed by atoms with van der Waals surface area (Å²) >= 11 is 0. The second-order valence-corrected chi connectivity index (χ2v) is 3.73. The number of ether oxygens (including phenoxy) is 2. The van der Waals surface area contributed by atoms with Crippen LogP contribution in [0.5, 0.6) is 5.88 Å². The van der Waals surface area contributed by atoms with Gasteiger partial charge < -0.3 is 14.6 Å². The van der Waals surface area contributed by atoms with E-state index in [0.717, 1.165) is 18.9 Å². The largest absolute Gasteiger partial charge is 0.478 e. The molecule has 1 saturated heterocycles. The topological polar surface area (TPSA) is 68.7 Å². The van der Waals surface area contributed by atoms with Crippen LogP contribution in [0.4, 0.5) is 4.39 Å². The van der Waals surface area contributed by atoms with Crippen LogP contribution in [-0.4, -0.2) is 35.4 Å². The van der Waals surface area contributed by atoms with Gasteiger partial charge in [-0.3, -0.25) is 0 Å². The van der Waals surface area contributed by atoms with E-state index in [1.54, 1.807) is 0 Å². The van der Waals surface area contributed by atoms with Gasteiger partial charge in [0.1, 0.15) is 12.2 Å². The van der Waals surface area contributed by atoms with Crippen molar-refractivity contribution in [1.29, 1.82) is 0 Å². The van der Waals surface area contributed by atoms with Gasteiger partial charge in [0.25, 0.3) is 5.88 Å². The van der Waals surface area contributed by atoms with Crippen molar-refractivity contribution in [2.45, 2.75) is 18.9 Å². The van der Waals surface area contributed by atoms with Crippen LogP contribution >= 0.6 is 0 Å². The number of carboxylic acid groups (broad SMARTS) is 1. The maximum Gasteiger partial charge on any atom is 0.338 e. The minimum Gasteiger partial charge on any atom is -0.478 e. The fraction of sp³-hybridized carbons (Fsp3) is 0.455. The molecule has 17 heavy (non-hydrogen) atoms. The first-order chi connectivity index (χ1) is 8.18. The van der Waals surface area contributed by atoms with Crippen molar-refractivity contribution in [2.75, 3.05) is 13.2 Å². The Morgan fingerprint density at radius 3 is 3.18 bits per heavy atom. The molecule has 0 aliphatic carbocycles. The van der Waals surface area contributed by atoms with Gasteiger partial charge in [0.05, 0.1) is 6.10 Å². The summed E-state index contributed by atoms with van der Waals surface area (Å²) in [6, 6.07) is 1.09. The highest BCUT2D eigenvalue weighted by Crippen LogP contribution is 2.19. The van der Waals surface area contributed by atoms with Gasteiger partial charge in [0, 0.05) is 12.8 Å². The molecule has 0 saturated carbocycles. The number of hydrogen-bond acceptors (Lipinski definition) is 4. The van der Waals surface area contributed by atoms with Gasteiger partial charge in [0.2, 0.25) is 0 Å². The monoisotopic (exact) mass is 241 g/mol. The summed E-state index contributed by atoms with van der Waals surface area (Å²) in [5.41, 5.74) is -0.442. The van der Waals surface area contributed by atoms with Crippen molar-refractivity contribution in [1.82, 2.24) is 4.98 Å². The molecular formula is C11H12FNO4. The summed E-state index contributed by atoms with van der Waals surface area (Å²) in [5, 5.41) is 8.72. The second-order valence-electron chi connectivity index (χ2n) is 3.73. The van der Waals surface area contributed by atoms with E-state index in [9.17, 15) is 9.18 Å². The zero-order valence-electron chi connectivity index (χ0n) is 9.06. The molecule has 1 N–H and O–H groups in total. The molecule has 2 rings (SSSR count). The van der Waals surface area contributed by atoms with Gasteiger partial charge in [-0.05, 0) is 18.9 Å². The van der Waals surface area contributed by atoms with Crippen LogP contribution in [0.3, 0.4) is 0 Å². The third kappa shape index (κ3) is 2.71. The molecule has 1 aliphatic rings. The van der Waals surface area contributed by atoms with Crippen molar-refractivity contribution in [3.8, 4) is 5.88 Å². The molecule has 1 aromatic heterocycles. The van der Waals surface area contributed by atoms with Crippen molar-refractivity contribution >= 4 is 5.97 Å². The highest BCUT2D eigenvalue weighted by atomic mass is 19.1. The van der Waals surface area contributed by atoms with E-state index in [1.807, 2.05) is 0 Å². The average Bonchev–Trinajstić information content (AvgIpc) is 2.80. The van der Waals surface area contributed by atoms with Gasteiger partial charge in [-0.25, -0.2) is 14.2 Å². The van der Waals surface area contributed by atoms with E-state index in [1.165, 1.54) is 6.20 Å². The van der Waals surface area contributed by atoms with E-state index < -0.39 is 17.3 Å². The molecule has 6 heteroatoms. The molecule has 0 spiro atoms. The quantitative estimate of drug-likeness (QED) is 0.864. The van der Waals surface area contributed by atoms with Crippen LogP contribution in [0.25, 0.3) is 0 Å². The van der Waals surface area contributed by atoms with Gasteiger partial charge in [-0.2, -0.15) is 0 Å². The number of carboxylic acids is 1. The van der Waals surface area contributed by atoms with E-state index in [-0.39, 0.29) is 18.6 Å². The third-order valence-corrected chi connectivity index (χ3v) is 2.52. The SMILES string of the molecule is O=C(O)c1ccnc(OCC2CCCO2)c1F. The van der Waals surface area contributed by atoms with Crippen molar-refractivity contribution < 1.29 is 23.8 Å². The first-order valence-electron chi connectivity index (χ1n) is 5.30. The Balaban J connectivity index is 2.04. The molecule has 0 amide bonds. The molecule has 0 bridgehead atoms. The highest BCUT2D eigenvalue weighted by Gasteiger charge is 2.20. The van der Waals surface area contributed by atoms with Crippen molar-refractivity contribution in [3.63, 3.8) is 0 Å². The number of carbonyl (C=O) groups is 1. The molecule has 0 aromatic carbocycles. The number of rotatable bonds is 4. The summed E-state index contributed by atoms with van der Waals surface area (Å²) in [4.78, 5) is 14.4. The first-order valence-corrected chi connectivity index (χ1v) is 5.30. The van der Waals surface area contributed by atoms with E-state index in [2.05, 4.69) is 4.98 Å². The van der Waals surface area contributed by atoms with E-state index >= 15 is 0 Å². The van der Waals surface area contributed by atoms with Gasteiger partial charge in [-0.15, -0.1) is 0 Å². The third-order valence-electron chi connectivity index (χ3n) is 2.52. The Bertz CT molecular complexity index is 418. The summed E-state index contributed by atoms with van der Waals surface area (Å²) in [6.45, 7) is 0.867. The fourth-order valence-electron chi connectivity index (χ4n) is 1.64. The maximum absolute atomic E-state index is 13.6. The Morgan fingerprint density at radius 2 is 2.53 bits per heavy atom. The summed E-state index contributed by atoms with van der Waals surface area (Å²) in [7, 11) is 0. The lowest BCUT2D eigenvalue weighted by Gasteiger charge is -2.11. The number of nitrogens with zero attached hydrogens (tertiary/aromatic N) is 1. The standard InChI is InChI=1S/C11H12FNO4/c12-9-8(11(14)15)3-4-13-10(9)17-6-7-2-1-5-16-7/h3-4,7H,1-2,5-6H2,(H,14,15). The second kappa shape index (κ2) is 5.09. The van der Waals surface area contributed by atoms with Crippen LogP contribution in [0, 0.1) is 5.82 Å². The molecule has 2 heterocycles. The maximum atomic E-state index is 13.6. The predicted octanol–water partition coefficient (Wildman–Crippen LogP) is 1.48. The van der Waals surface area contributed by atoms with E-state index in [4.69, 9.17) is 14.6 Å². The number of aromatic nitrogens is 1. The molecule has 1 aromatic rings. The highest BCUT2D eigenvalue weighted by molar-refractivity contribution is 5.88. The normalized spacial score (nSPS) is 19.2. The van der Waals surface area contributed by atoms with Crippen LogP contribution < -0.4 is 4.74 Å². The van der Waals surface area contributed by atoms with Crippen molar-refractivity contribution in [3.05, 3.63) is 23.6 Å². The zero-order chi connectivity index (χ0) is 12.3. The zero-order valence-corrected chi connectivity index (χ0v) is 9.06. The average molecular weight is 241 g/mol. The number of hydrogen-bond donors (Lipinski definition) is 1. The molecule has 0 radical (unpaired) electrons. The lowest BCUT2D eigenvalue weighted by atomic mass is 10.2. The van der Waals surface area contributed by atoms with Crippen molar-refractivity contribution in [2.24, 2.45) is 0 Å². The molecule has 1 aliphatic heterocycles. The smallest absolute Gasteiger partial charge is 0.338 e.